The van der Waals surface area contributed by atoms with Crippen LogP contribution in [-0.2, 0) is 44.2 Å². The van der Waals surface area contributed by atoms with Gasteiger partial charge in [0, 0.05) is 66.4 Å². The number of hydrogen-bond acceptors (Lipinski definition) is 4. The van der Waals surface area contributed by atoms with Crippen LogP contribution >= 0.6 is 0 Å². The number of carbonyl (C=O) groups excluding carboxylic acids is 1. The minimum atomic E-state index is -0.337. The average Bonchev–Trinajstić information content (AvgIpc) is 3.09. The summed E-state index contributed by atoms with van der Waals surface area (Å²) in [7, 11) is 0. The molecule has 4 nitrogen and oxygen atoms in total. The Labute approximate surface area is 309 Å². The van der Waals surface area contributed by atoms with Crippen LogP contribution in [0.5, 0.6) is 0 Å². The molecule has 0 atom stereocenters. The van der Waals surface area contributed by atoms with Crippen molar-refractivity contribution in [2.24, 2.45) is 16.7 Å². The Balaban J connectivity index is 0.000000312. The van der Waals surface area contributed by atoms with E-state index < -0.39 is 0 Å². The SMILES string of the molecule is CC(C)Cc1cc2c(cn1)-c1cc(-c3[c-]c4ccccc4c(C(C)C)c3)ncc1CC2.CCC(C)(CC)C(=O)/C=C(\O)C(C)(CC)CC.[Ir]. The fraction of sp³-hybridized carbons (Fsp3) is 0.477. The normalized spacial score (nSPS) is 13.0. The van der Waals surface area contributed by atoms with Crippen LogP contribution in [0, 0.1) is 22.8 Å². The van der Waals surface area contributed by atoms with Crippen LogP contribution in [0.15, 0.2) is 66.7 Å². The fourth-order valence-electron chi connectivity index (χ4n) is 6.43. The molecule has 0 bridgehead atoms. The minimum Gasteiger partial charge on any atom is -0.512 e. The Morgan fingerprint density at radius 2 is 1.49 bits per heavy atom. The van der Waals surface area contributed by atoms with Gasteiger partial charge < -0.3 is 5.11 Å². The van der Waals surface area contributed by atoms with Crippen molar-refractivity contribution in [2.75, 3.05) is 0 Å². The quantitative estimate of drug-likeness (QED) is 0.0928. The van der Waals surface area contributed by atoms with Crippen LogP contribution in [0.3, 0.4) is 0 Å². The molecule has 1 radical (unpaired) electrons. The van der Waals surface area contributed by atoms with Gasteiger partial charge in [-0.25, -0.2) is 0 Å². The second-order valence-corrected chi connectivity index (χ2v) is 14.9. The zero-order valence-corrected chi connectivity index (χ0v) is 33.9. The number of pyridine rings is 2. The monoisotopic (exact) mass is 838 g/mol. The third-order valence-corrected chi connectivity index (χ3v) is 10.9. The molecule has 2 aromatic heterocycles. The Kier molecular flexibility index (Phi) is 14.1. The Morgan fingerprint density at radius 1 is 0.857 bits per heavy atom. The van der Waals surface area contributed by atoms with Crippen LogP contribution < -0.4 is 0 Å². The molecule has 0 spiro atoms. The van der Waals surface area contributed by atoms with Gasteiger partial charge >= 0.3 is 0 Å². The van der Waals surface area contributed by atoms with Crippen molar-refractivity contribution in [1.82, 2.24) is 9.97 Å². The second kappa shape index (κ2) is 17.2. The third-order valence-electron chi connectivity index (χ3n) is 10.9. The number of nitrogens with zero attached hydrogens (tertiary/aromatic N) is 2. The molecule has 5 heteroatoms. The van der Waals surface area contributed by atoms with Crippen molar-refractivity contribution in [3.8, 4) is 22.4 Å². The maximum Gasteiger partial charge on any atom is 0.164 e. The zero-order chi connectivity index (χ0) is 35.2. The topological polar surface area (TPSA) is 63.1 Å². The summed E-state index contributed by atoms with van der Waals surface area (Å²) in [5.74, 6) is 1.35. The van der Waals surface area contributed by atoms with E-state index in [1.165, 1.54) is 45.0 Å². The van der Waals surface area contributed by atoms with E-state index in [1.807, 2.05) is 41.5 Å². The van der Waals surface area contributed by atoms with E-state index in [-0.39, 0.29) is 42.5 Å². The van der Waals surface area contributed by atoms with Gasteiger partial charge in [0.25, 0.3) is 0 Å². The van der Waals surface area contributed by atoms with Gasteiger partial charge in [-0.2, -0.15) is 0 Å². The number of ketones is 1. The van der Waals surface area contributed by atoms with Gasteiger partial charge in [-0.1, -0.05) is 104 Å². The van der Waals surface area contributed by atoms with Gasteiger partial charge in [-0.3, -0.25) is 14.8 Å². The molecular weight excluding hydrogens is 781 g/mol. The summed E-state index contributed by atoms with van der Waals surface area (Å²) in [5, 5.41) is 12.6. The predicted octanol–water partition coefficient (Wildman–Crippen LogP) is 11.8. The summed E-state index contributed by atoms with van der Waals surface area (Å²) in [6, 6.07) is 19.0. The standard InChI is InChI=1S/C29H29N2.C15H28O2.Ir/c1-18(2)11-24-13-21-9-10-22-16-31-29(15-27(22)28(21)17-30-24)23-12-20-7-5-6-8-25(20)26(14-23)19(3)4;1-7-14(5,8-2)12(16)11-13(17)15(6,9-3)10-4;/h5-8,13-19H,9-11H2,1-4H3;11,16H,7-10H2,1-6H3;/q-1;;/b;12-11-;. The first-order valence-corrected chi connectivity index (χ1v) is 18.2. The summed E-state index contributed by atoms with van der Waals surface area (Å²) in [6.07, 6.45) is 12.0. The Bertz CT molecular complexity index is 1760. The molecule has 2 heterocycles. The maximum atomic E-state index is 12.2. The van der Waals surface area contributed by atoms with Crippen molar-refractivity contribution in [1.29, 1.82) is 0 Å². The molecule has 0 amide bonds. The zero-order valence-electron chi connectivity index (χ0n) is 31.5. The van der Waals surface area contributed by atoms with Gasteiger partial charge in [0.05, 0.1) is 0 Å². The maximum absolute atomic E-state index is 12.2. The van der Waals surface area contributed by atoms with Crippen molar-refractivity contribution in [2.45, 2.75) is 120 Å². The first-order valence-electron chi connectivity index (χ1n) is 18.2. The van der Waals surface area contributed by atoms with Crippen molar-refractivity contribution in [3.63, 3.8) is 0 Å². The van der Waals surface area contributed by atoms with Crippen LogP contribution in [0.25, 0.3) is 33.2 Å². The number of allylic oxidation sites excluding steroid dienone is 2. The molecule has 1 aliphatic carbocycles. The largest absolute Gasteiger partial charge is 0.512 e. The number of rotatable bonds is 11. The number of carbonyl (C=O) groups is 1. The van der Waals surface area contributed by atoms with E-state index in [1.54, 1.807) is 0 Å². The molecule has 0 fully saturated rings. The van der Waals surface area contributed by atoms with E-state index in [2.05, 4.69) is 88.6 Å². The third kappa shape index (κ3) is 9.16. The Morgan fingerprint density at radius 3 is 2.10 bits per heavy atom. The average molecular weight is 838 g/mol. The number of aliphatic hydroxyl groups is 1. The Hall–Kier alpha value is -3.14. The second-order valence-electron chi connectivity index (χ2n) is 14.9. The smallest absolute Gasteiger partial charge is 0.164 e. The van der Waals surface area contributed by atoms with Gasteiger partial charge in [0.2, 0.25) is 0 Å². The molecule has 265 valence electrons. The van der Waals surface area contributed by atoms with E-state index in [4.69, 9.17) is 9.97 Å². The predicted molar refractivity (Wildman–Crippen MR) is 202 cm³/mol. The van der Waals surface area contributed by atoms with E-state index in [9.17, 15) is 9.90 Å². The summed E-state index contributed by atoms with van der Waals surface area (Å²) in [6.45, 7) is 21.1. The molecule has 0 unspecified atom stereocenters. The molecule has 4 aromatic rings. The van der Waals surface area contributed by atoms with E-state index >= 15 is 0 Å². The van der Waals surface area contributed by atoms with Crippen molar-refractivity contribution < 1.29 is 30.0 Å². The number of aryl methyl sites for hydroxylation is 2. The fourth-order valence-corrected chi connectivity index (χ4v) is 6.43. The minimum absolute atomic E-state index is 0. The van der Waals surface area contributed by atoms with Crippen LogP contribution in [-0.4, -0.2) is 20.9 Å². The van der Waals surface area contributed by atoms with Crippen molar-refractivity contribution >= 4 is 16.6 Å². The first-order chi connectivity index (χ1) is 22.8. The van der Waals surface area contributed by atoms with Gasteiger partial charge in [-0.15, -0.1) is 29.1 Å². The van der Waals surface area contributed by atoms with Crippen LogP contribution in [0.4, 0.5) is 0 Å². The first kappa shape index (κ1) is 40.3. The molecular formula is C44H57IrN2O2-. The molecule has 5 rings (SSSR count). The number of fused-ring (bicyclic) bond motifs is 4. The van der Waals surface area contributed by atoms with Gasteiger partial charge in [0.1, 0.15) is 5.76 Å². The number of hydrogen-bond donors (Lipinski definition) is 1. The molecule has 2 aromatic carbocycles. The number of aromatic nitrogens is 2. The summed E-state index contributed by atoms with van der Waals surface area (Å²) in [5.41, 5.74) is 9.30. The molecule has 0 saturated heterocycles. The van der Waals surface area contributed by atoms with Crippen LogP contribution in [0.1, 0.15) is 123 Å². The van der Waals surface area contributed by atoms with Crippen LogP contribution in [0.2, 0.25) is 0 Å². The summed E-state index contributed by atoms with van der Waals surface area (Å²) < 4.78 is 0. The number of aliphatic hydroxyl groups excluding tert-OH is 1. The number of benzene rings is 2. The van der Waals surface area contributed by atoms with Crippen molar-refractivity contribution in [3.05, 3.63) is 95.1 Å². The summed E-state index contributed by atoms with van der Waals surface area (Å²) in [4.78, 5) is 21.8. The molecule has 0 aliphatic heterocycles. The molecule has 49 heavy (non-hydrogen) atoms. The van der Waals surface area contributed by atoms with Gasteiger partial charge in [-0.05, 0) is 79.5 Å². The van der Waals surface area contributed by atoms with E-state index in [0.29, 0.717) is 11.8 Å². The van der Waals surface area contributed by atoms with E-state index in [0.717, 1.165) is 61.6 Å². The summed E-state index contributed by atoms with van der Waals surface area (Å²) >= 11 is 0. The molecule has 1 aliphatic rings. The van der Waals surface area contributed by atoms with Gasteiger partial charge in [0.15, 0.2) is 5.78 Å². The molecule has 1 N–H and O–H groups in total. The molecule has 0 saturated carbocycles.